The van der Waals surface area contributed by atoms with Gasteiger partial charge in [0.15, 0.2) is 0 Å². The molecule has 25 heavy (non-hydrogen) atoms. The maximum Gasteiger partial charge on any atom is 0.245 e. The number of carbonyl (C=O) groups excluding carboxylic acids is 2. The molecule has 1 aliphatic rings. The smallest absolute Gasteiger partial charge is 0.245 e. The maximum atomic E-state index is 13.0. The van der Waals surface area contributed by atoms with Crippen molar-refractivity contribution in [3.63, 3.8) is 0 Å². The van der Waals surface area contributed by atoms with E-state index in [0.717, 1.165) is 5.56 Å². The van der Waals surface area contributed by atoms with Crippen molar-refractivity contribution >= 4 is 11.8 Å². The molecule has 0 bridgehead atoms. The minimum absolute atomic E-state index is 0.0269. The van der Waals surface area contributed by atoms with E-state index in [1.807, 2.05) is 50.8 Å². The van der Waals surface area contributed by atoms with Gasteiger partial charge in [0.05, 0.1) is 0 Å². The summed E-state index contributed by atoms with van der Waals surface area (Å²) in [6, 6.07) is 9.52. The summed E-state index contributed by atoms with van der Waals surface area (Å²) in [5, 5.41) is 2.92. The first-order chi connectivity index (χ1) is 11.8. The molecule has 1 aromatic carbocycles. The van der Waals surface area contributed by atoms with E-state index in [4.69, 9.17) is 5.73 Å². The molecule has 1 fully saturated rings. The Labute approximate surface area is 151 Å². The van der Waals surface area contributed by atoms with Gasteiger partial charge in [-0.2, -0.15) is 0 Å². The number of hydrogen-bond acceptors (Lipinski definition) is 3. The van der Waals surface area contributed by atoms with E-state index in [-0.39, 0.29) is 35.6 Å². The second kappa shape index (κ2) is 8.48. The first kappa shape index (κ1) is 19.4. The number of carbonyl (C=O) groups is 2. The molecular formula is C20H31N3O2. The van der Waals surface area contributed by atoms with Crippen LogP contribution in [0.1, 0.15) is 45.6 Å². The van der Waals surface area contributed by atoms with E-state index >= 15 is 0 Å². The van der Waals surface area contributed by atoms with Crippen molar-refractivity contribution in [2.24, 2.45) is 17.6 Å². The van der Waals surface area contributed by atoms with Crippen LogP contribution in [0.4, 0.5) is 0 Å². The monoisotopic (exact) mass is 345 g/mol. The number of nitrogens with two attached hydrogens (primary N) is 1. The van der Waals surface area contributed by atoms with Gasteiger partial charge < -0.3 is 16.0 Å². The van der Waals surface area contributed by atoms with Crippen LogP contribution < -0.4 is 11.1 Å². The summed E-state index contributed by atoms with van der Waals surface area (Å²) in [5.74, 6) is 0.358. The predicted molar refractivity (Wildman–Crippen MR) is 100.0 cm³/mol. The van der Waals surface area contributed by atoms with Gasteiger partial charge >= 0.3 is 0 Å². The zero-order chi connectivity index (χ0) is 18.6. The Kier molecular flexibility index (Phi) is 6.59. The Morgan fingerprint density at radius 3 is 2.36 bits per heavy atom. The molecule has 3 atom stereocenters. The van der Waals surface area contributed by atoms with Gasteiger partial charge in [-0.3, -0.25) is 9.59 Å². The van der Waals surface area contributed by atoms with Gasteiger partial charge in [-0.15, -0.1) is 0 Å². The molecule has 1 aromatic rings. The lowest BCUT2D eigenvalue weighted by Gasteiger charge is -2.27. The van der Waals surface area contributed by atoms with Crippen LogP contribution in [0.5, 0.6) is 0 Å². The first-order valence-electron chi connectivity index (χ1n) is 9.18. The number of amides is 2. The van der Waals surface area contributed by atoms with Gasteiger partial charge in [-0.1, -0.05) is 58.0 Å². The van der Waals surface area contributed by atoms with Gasteiger partial charge in [-0.25, -0.2) is 0 Å². The van der Waals surface area contributed by atoms with Crippen molar-refractivity contribution in [2.45, 2.75) is 52.1 Å². The van der Waals surface area contributed by atoms with Crippen LogP contribution >= 0.6 is 0 Å². The molecule has 2 amide bonds. The average molecular weight is 345 g/mol. The Hall–Kier alpha value is -1.88. The van der Waals surface area contributed by atoms with Crippen LogP contribution in [0.25, 0.3) is 0 Å². The maximum absolute atomic E-state index is 13.0. The number of benzene rings is 1. The summed E-state index contributed by atoms with van der Waals surface area (Å²) in [7, 11) is 0. The van der Waals surface area contributed by atoms with Crippen LogP contribution in [0.3, 0.4) is 0 Å². The molecule has 0 saturated carbocycles. The van der Waals surface area contributed by atoms with Crippen molar-refractivity contribution in [1.29, 1.82) is 0 Å². The highest BCUT2D eigenvalue weighted by atomic mass is 16.2. The summed E-state index contributed by atoms with van der Waals surface area (Å²) < 4.78 is 0. The molecule has 5 nitrogen and oxygen atoms in total. The molecule has 0 radical (unpaired) electrons. The largest absolute Gasteiger partial charge is 0.344 e. The molecule has 0 aromatic heterocycles. The van der Waals surface area contributed by atoms with E-state index in [9.17, 15) is 9.59 Å². The van der Waals surface area contributed by atoms with Crippen molar-refractivity contribution < 1.29 is 9.59 Å². The fourth-order valence-electron chi connectivity index (χ4n) is 3.38. The Morgan fingerprint density at radius 2 is 1.80 bits per heavy atom. The fourth-order valence-corrected chi connectivity index (χ4v) is 3.38. The molecular weight excluding hydrogens is 314 g/mol. The molecule has 1 aliphatic heterocycles. The van der Waals surface area contributed by atoms with Crippen LogP contribution in [-0.2, 0) is 9.59 Å². The first-order valence-corrected chi connectivity index (χ1v) is 9.18. The summed E-state index contributed by atoms with van der Waals surface area (Å²) in [6.45, 7) is 9.05. The molecule has 138 valence electrons. The third-order valence-electron chi connectivity index (χ3n) is 4.75. The van der Waals surface area contributed by atoms with Crippen molar-refractivity contribution in [2.75, 3.05) is 13.1 Å². The topological polar surface area (TPSA) is 75.4 Å². The second-order valence-electron chi connectivity index (χ2n) is 7.81. The Bertz CT molecular complexity index is 586. The summed E-state index contributed by atoms with van der Waals surface area (Å²) in [5.41, 5.74) is 7.46. The van der Waals surface area contributed by atoms with Crippen molar-refractivity contribution in [3.8, 4) is 0 Å². The van der Waals surface area contributed by atoms with Gasteiger partial charge in [0.2, 0.25) is 11.8 Å². The number of likely N-dealkylation sites (tertiary alicyclic amines) is 1. The Morgan fingerprint density at radius 1 is 1.16 bits per heavy atom. The second-order valence-corrected chi connectivity index (χ2v) is 7.81. The molecule has 1 saturated heterocycles. The summed E-state index contributed by atoms with van der Waals surface area (Å²) in [6.07, 6.45) is 0.433. The molecule has 0 aliphatic carbocycles. The van der Waals surface area contributed by atoms with Gasteiger partial charge in [0, 0.05) is 31.5 Å². The zero-order valence-electron chi connectivity index (χ0n) is 15.7. The lowest BCUT2D eigenvalue weighted by atomic mass is 9.95. The van der Waals surface area contributed by atoms with Gasteiger partial charge in [0.1, 0.15) is 6.04 Å². The van der Waals surface area contributed by atoms with E-state index in [1.54, 1.807) is 0 Å². The summed E-state index contributed by atoms with van der Waals surface area (Å²) in [4.78, 5) is 26.9. The standard InChI is InChI=1S/C20H31N3O2/c1-13(2)10-18(24)22-19(14(3)4)20(25)23-11-16(17(21)12-23)15-8-6-5-7-9-15/h5-9,13-14,16-17,19H,10-12,21H2,1-4H3,(H,22,24)/t16-,17+,19?/m0/s1. The lowest BCUT2D eigenvalue weighted by molar-refractivity contribution is -0.137. The van der Waals surface area contributed by atoms with E-state index in [2.05, 4.69) is 17.4 Å². The summed E-state index contributed by atoms with van der Waals surface area (Å²) >= 11 is 0. The number of nitrogens with zero attached hydrogens (tertiary/aromatic N) is 1. The highest BCUT2D eigenvalue weighted by Crippen LogP contribution is 2.27. The Balaban J connectivity index is 2.06. The SMILES string of the molecule is CC(C)CC(=O)NC(C(=O)N1C[C@@H](N)[C@H](c2ccccc2)C1)C(C)C. The average Bonchev–Trinajstić information content (AvgIpc) is 2.94. The fraction of sp³-hybridized carbons (Fsp3) is 0.600. The quantitative estimate of drug-likeness (QED) is 0.829. The van der Waals surface area contributed by atoms with Crippen LogP contribution in [-0.4, -0.2) is 41.9 Å². The van der Waals surface area contributed by atoms with Crippen LogP contribution in [0.15, 0.2) is 30.3 Å². The highest BCUT2D eigenvalue weighted by molar-refractivity contribution is 5.88. The van der Waals surface area contributed by atoms with Crippen LogP contribution in [0.2, 0.25) is 0 Å². The minimum Gasteiger partial charge on any atom is -0.344 e. The van der Waals surface area contributed by atoms with Crippen LogP contribution in [0, 0.1) is 11.8 Å². The van der Waals surface area contributed by atoms with E-state index < -0.39 is 6.04 Å². The number of hydrogen-bond donors (Lipinski definition) is 2. The number of nitrogens with one attached hydrogen (secondary N) is 1. The molecule has 1 unspecified atom stereocenters. The molecule has 1 heterocycles. The van der Waals surface area contributed by atoms with Gasteiger partial charge in [-0.05, 0) is 17.4 Å². The number of rotatable bonds is 6. The molecule has 0 spiro atoms. The van der Waals surface area contributed by atoms with Crippen molar-refractivity contribution in [3.05, 3.63) is 35.9 Å². The van der Waals surface area contributed by atoms with E-state index in [1.165, 1.54) is 0 Å². The minimum atomic E-state index is -0.493. The van der Waals surface area contributed by atoms with Gasteiger partial charge in [0.25, 0.3) is 0 Å². The third kappa shape index (κ3) is 5.05. The lowest BCUT2D eigenvalue weighted by Crippen LogP contribution is -2.51. The third-order valence-corrected chi connectivity index (χ3v) is 4.75. The van der Waals surface area contributed by atoms with Crippen molar-refractivity contribution in [1.82, 2.24) is 10.2 Å². The molecule has 3 N–H and O–H groups in total. The molecule has 2 rings (SSSR count). The zero-order valence-corrected chi connectivity index (χ0v) is 15.7. The molecule has 5 heteroatoms. The highest BCUT2D eigenvalue weighted by Gasteiger charge is 2.37. The predicted octanol–water partition coefficient (Wildman–Crippen LogP) is 2.13. The van der Waals surface area contributed by atoms with E-state index in [0.29, 0.717) is 19.5 Å². The normalized spacial score (nSPS) is 21.6.